The summed E-state index contributed by atoms with van der Waals surface area (Å²) in [7, 11) is 4.33. The Morgan fingerprint density at radius 1 is 1.14 bits per heavy atom. The standard InChI is InChI=1S/C17H29N3O/c1-13-11-15(21-14(13)2)12-20-8-6-16-17(20)5-7-19(16)10-9-18(3)4/h11,16-17H,5-10,12H2,1-4H3/t16-,17+/m1/s1. The Bertz CT molecular complexity index is 463. The quantitative estimate of drug-likeness (QED) is 0.829. The van der Waals surface area contributed by atoms with Gasteiger partial charge in [0.15, 0.2) is 0 Å². The molecule has 0 bridgehead atoms. The van der Waals surface area contributed by atoms with Crippen LogP contribution in [0.5, 0.6) is 0 Å². The molecule has 0 aliphatic carbocycles. The molecule has 1 aromatic heterocycles. The number of nitrogens with zero attached hydrogens (tertiary/aromatic N) is 3. The predicted octanol–water partition coefficient (Wildman–Crippen LogP) is 2.11. The molecule has 4 heteroatoms. The van der Waals surface area contributed by atoms with E-state index < -0.39 is 0 Å². The van der Waals surface area contributed by atoms with Crippen molar-refractivity contribution in [3.63, 3.8) is 0 Å². The first-order valence-electron chi connectivity index (χ1n) is 8.23. The third-order valence-corrected chi connectivity index (χ3v) is 5.22. The van der Waals surface area contributed by atoms with Crippen LogP contribution < -0.4 is 0 Å². The maximum atomic E-state index is 5.87. The van der Waals surface area contributed by atoms with Crippen LogP contribution in [-0.4, -0.2) is 67.1 Å². The highest BCUT2D eigenvalue weighted by atomic mass is 16.3. The number of hydrogen-bond acceptors (Lipinski definition) is 4. The maximum Gasteiger partial charge on any atom is 0.118 e. The molecular formula is C17H29N3O. The van der Waals surface area contributed by atoms with Crippen LogP contribution in [0.2, 0.25) is 0 Å². The zero-order chi connectivity index (χ0) is 15.0. The maximum absolute atomic E-state index is 5.87. The van der Waals surface area contributed by atoms with E-state index in [0.717, 1.165) is 30.1 Å². The number of rotatable bonds is 5. The monoisotopic (exact) mass is 291 g/mol. The summed E-state index contributed by atoms with van der Waals surface area (Å²) in [6.45, 7) is 10.0. The second kappa shape index (κ2) is 6.11. The van der Waals surface area contributed by atoms with Crippen molar-refractivity contribution >= 4 is 0 Å². The van der Waals surface area contributed by atoms with E-state index in [2.05, 4.69) is 48.7 Å². The molecule has 118 valence electrons. The summed E-state index contributed by atoms with van der Waals surface area (Å²) >= 11 is 0. The summed E-state index contributed by atoms with van der Waals surface area (Å²) in [4.78, 5) is 7.62. The van der Waals surface area contributed by atoms with Crippen LogP contribution in [-0.2, 0) is 6.54 Å². The van der Waals surface area contributed by atoms with E-state index in [1.165, 1.54) is 44.6 Å². The Balaban J connectivity index is 1.58. The summed E-state index contributed by atoms with van der Waals surface area (Å²) in [5, 5.41) is 0. The smallest absolute Gasteiger partial charge is 0.118 e. The average molecular weight is 291 g/mol. The van der Waals surface area contributed by atoms with E-state index in [-0.39, 0.29) is 0 Å². The minimum absolute atomic E-state index is 0.734. The van der Waals surface area contributed by atoms with Gasteiger partial charge in [0.1, 0.15) is 11.5 Å². The van der Waals surface area contributed by atoms with E-state index in [1.807, 2.05) is 0 Å². The molecule has 1 aromatic rings. The van der Waals surface area contributed by atoms with Crippen LogP contribution in [0.25, 0.3) is 0 Å². The lowest BCUT2D eigenvalue weighted by Gasteiger charge is -2.26. The van der Waals surface area contributed by atoms with Gasteiger partial charge in [-0.1, -0.05) is 0 Å². The summed E-state index contributed by atoms with van der Waals surface area (Å²) in [6.07, 6.45) is 2.63. The number of furan rings is 1. The van der Waals surface area contributed by atoms with Gasteiger partial charge in [0.25, 0.3) is 0 Å². The molecule has 2 saturated heterocycles. The Labute approximate surface area is 128 Å². The van der Waals surface area contributed by atoms with Crippen LogP contribution in [0.4, 0.5) is 0 Å². The van der Waals surface area contributed by atoms with Crippen LogP contribution in [0.3, 0.4) is 0 Å². The normalized spacial score (nSPS) is 26.9. The van der Waals surface area contributed by atoms with E-state index in [0.29, 0.717) is 0 Å². The molecule has 0 radical (unpaired) electrons. The van der Waals surface area contributed by atoms with Crippen LogP contribution in [0, 0.1) is 13.8 Å². The SMILES string of the molecule is Cc1cc(CN2CC[C@@H]3[C@@H]2CCN3CCN(C)C)oc1C. The van der Waals surface area contributed by atoms with Gasteiger partial charge in [-0.3, -0.25) is 9.80 Å². The van der Waals surface area contributed by atoms with Gasteiger partial charge in [0, 0.05) is 38.3 Å². The van der Waals surface area contributed by atoms with Crippen molar-refractivity contribution in [2.45, 2.75) is 45.3 Å². The van der Waals surface area contributed by atoms with Gasteiger partial charge in [-0.25, -0.2) is 0 Å². The van der Waals surface area contributed by atoms with Crippen LogP contribution in [0.15, 0.2) is 10.5 Å². The highest BCUT2D eigenvalue weighted by Gasteiger charge is 2.42. The van der Waals surface area contributed by atoms with Crippen molar-refractivity contribution in [2.75, 3.05) is 40.3 Å². The predicted molar refractivity (Wildman–Crippen MR) is 85.5 cm³/mol. The number of hydrogen-bond donors (Lipinski definition) is 0. The van der Waals surface area contributed by atoms with Crippen molar-refractivity contribution in [3.05, 3.63) is 23.2 Å². The highest BCUT2D eigenvalue weighted by Crippen LogP contribution is 2.32. The molecule has 0 unspecified atom stereocenters. The minimum Gasteiger partial charge on any atom is -0.465 e. The van der Waals surface area contributed by atoms with Crippen molar-refractivity contribution in [1.82, 2.24) is 14.7 Å². The van der Waals surface area contributed by atoms with E-state index in [4.69, 9.17) is 4.42 Å². The molecule has 0 saturated carbocycles. The Hall–Kier alpha value is -0.840. The van der Waals surface area contributed by atoms with Gasteiger partial charge in [0.05, 0.1) is 6.54 Å². The Kier molecular flexibility index (Phi) is 4.38. The molecule has 2 atom stereocenters. The molecule has 2 fully saturated rings. The zero-order valence-electron chi connectivity index (χ0n) is 13.9. The molecule has 3 heterocycles. The topological polar surface area (TPSA) is 22.9 Å². The van der Waals surface area contributed by atoms with Gasteiger partial charge in [-0.05, 0) is 52.4 Å². The molecule has 0 amide bonds. The summed E-state index contributed by atoms with van der Waals surface area (Å²) in [5.41, 5.74) is 1.28. The second-order valence-corrected chi connectivity index (χ2v) is 6.97. The van der Waals surface area contributed by atoms with E-state index >= 15 is 0 Å². The fourth-order valence-corrected chi connectivity index (χ4v) is 3.89. The number of fused-ring (bicyclic) bond motifs is 1. The second-order valence-electron chi connectivity index (χ2n) is 6.97. The van der Waals surface area contributed by atoms with Crippen LogP contribution in [0.1, 0.15) is 29.9 Å². The number of likely N-dealkylation sites (N-methyl/N-ethyl adjacent to an activating group) is 1. The number of aryl methyl sites for hydroxylation is 2. The third-order valence-electron chi connectivity index (χ3n) is 5.22. The van der Waals surface area contributed by atoms with E-state index in [1.54, 1.807) is 0 Å². The molecule has 2 aliphatic rings. The fraction of sp³-hybridized carbons (Fsp3) is 0.765. The van der Waals surface area contributed by atoms with Crippen molar-refractivity contribution in [1.29, 1.82) is 0 Å². The highest BCUT2D eigenvalue weighted by molar-refractivity contribution is 5.19. The molecular weight excluding hydrogens is 262 g/mol. The summed E-state index contributed by atoms with van der Waals surface area (Å²) < 4.78 is 5.87. The lowest BCUT2D eigenvalue weighted by atomic mass is 10.1. The first-order valence-corrected chi connectivity index (χ1v) is 8.23. The molecule has 3 rings (SSSR count). The third kappa shape index (κ3) is 3.17. The van der Waals surface area contributed by atoms with Gasteiger partial charge < -0.3 is 9.32 Å². The lowest BCUT2D eigenvalue weighted by Crippen LogP contribution is -2.39. The molecule has 21 heavy (non-hydrogen) atoms. The molecule has 0 aromatic carbocycles. The first kappa shape index (κ1) is 15.1. The Morgan fingerprint density at radius 2 is 1.81 bits per heavy atom. The molecule has 0 spiro atoms. The van der Waals surface area contributed by atoms with Gasteiger partial charge >= 0.3 is 0 Å². The van der Waals surface area contributed by atoms with Crippen molar-refractivity contribution < 1.29 is 4.42 Å². The average Bonchev–Trinajstić information content (AvgIpc) is 3.06. The number of likely N-dealkylation sites (tertiary alicyclic amines) is 2. The summed E-state index contributed by atoms with van der Waals surface area (Å²) in [5.74, 6) is 2.21. The van der Waals surface area contributed by atoms with Crippen molar-refractivity contribution in [3.8, 4) is 0 Å². The Morgan fingerprint density at radius 3 is 2.43 bits per heavy atom. The molecule has 0 N–H and O–H groups in total. The lowest BCUT2D eigenvalue weighted by molar-refractivity contribution is 0.197. The summed E-state index contributed by atoms with van der Waals surface area (Å²) in [6, 6.07) is 3.71. The largest absolute Gasteiger partial charge is 0.465 e. The fourth-order valence-electron chi connectivity index (χ4n) is 3.89. The first-order chi connectivity index (χ1) is 10.0. The minimum atomic E-state index is 0.734. The van der Waals surface area contributed by atoms with Crippen molar-refractivity contribution in [2.24, 2.45) is 0 Å². The molecule has 4 nitrogen and oxygen atoms in total. The van der Waals surface area contributed by atoms with Crippen LogP contribution >= 0.6 is 0 Å². The van der Waals surface area contributed by atoms with Gasteiger partial charge in [-0.2, -0.15) is 0 Å². The molecule has 2 aliphatic heterocycles. The van der Waals surface area contributed by atoms with Gasteiger partial charge in [-0.15, -0.1) is 0 Å². The van der Waals surface area contributed by atoms with Gasteiger partial charge in [0.2, 0.25) is 0 Å². The van der Waals surface area contributed by atoms with E-state index in [9.17, 15) is 0 Å². The zero-order valence-corrected chi connectivity index (χ0v) is 13.9.